The molecule has 2 fully saturated rings. The van der Waals surface area contributed by atoms with Crippen molar-refractivity contribution in [1.29, 1.82) is 0 Å². The van der Waals surface area contributed by atoms with Crippen LogP contribution in [0.4, 0.5) is 13.2 Å². The van der Waals surface area contributed by atoms with Gasteiger partial charge in [-0.25, -0.2) is 4.39 Å². The Kier molecular flexibility index (Phi) is 7.36. The largest absolute Gasteiger partial charge is 0.421 e. The normalized spacial score (nSPS) is 28.1. The van der Waals surface area contributed by atoms with E-state index >= 15 is 0 Å². The second-order valence-corrected chi connectivity index (χ2v) is 8.51. The molecule has 0 unspecified atom stereocenters. The van der Waals surface area contributed by atoms with E-state index in [1.165, 1.54) is 44.9 Å². The van der Waals surface area contributed by atoms with Crippen LogP contribution in [0.1, 0.15) is 77.6 Å². The Hall–Kier alpha value is -1.59. The number of hydrogen-bond donors (Lipinski definition) is 0. The zero-order valence-corrected chi connectivity index (χ0v) is 16.6. The van der Waals surface area contributed by atoms with Crippen molar-refractivity contribution in [3.05, 3.63) is 23.8 Å². The fourth-order valence-corrected chi connectivity index (χ4v) is 4.96. The predicted molar refractivity (Wildman–Crippen MR) is 100 cm³/mol. The van der Waals surface area contributed by atoms with Gasteiger partial charge in [0.1, 0.15) is 0 Å². The number of hydrogen-bond acceptors (Lipinski definition) is 3. The number of rotatable bonds is 6. The van der Waals surface area contributed by atoms with Crippen LogP contribution in [0.2, 0.25) is 0 Å². The molecule has 1 aromatic heterocycles. The molecule has 2 aliphatic carbocycles. The third-order valence-electron chi connectivity index (χ3n) is 6.69. The third-order valence-corrected chi connectivity index (χ3v) is 6.69. The summed E-state index contributed by atoms with van der Waals surface area (Å²) in [6, 6.07) is 0.540. The topological polar surface area (TPSA) is 39.2 Å². The number of aromatic nitrogens is 1. The Labute approximate surface area is 165 Å². The molecular formula is C22H30F3NO2. The first-order valence-electron chi connectivity index (χ1n) is 10.7. The van der Waals surface area contributed by atoms with Gasteiger partial charge in [-0.15, -0.1) is 0 Å². The molecule has 0 aliphatic heterocycles. The van der Waals surface area contributed by atoms with Crippen LogP contribution < -0.4 is 4.74 Å². The molecule has 3 nitrogen and oxygen atoms in total. The molecule has 1 aromatic rings. The first-order chi connectivity index (χ1) is 13.5. The molecule has 3 rings (SSSR count). The Bertz CT molecular complexity index is 666. The Morgan fingerprint density at radius 3 is 2.21 bits per heavy atom. The maximum atomic E-state index is 13.6. The number of halogens is 3. The van der Waals surface area contributed by atoms with E-state index in [1.807, 2.05) is 0 Å². The zero-order valence-electron chi connectivity index (χ0n) is 16.6. The molecule has 6 heteroatoms. The van der Waals surface area contributed by atoms with Gasteiger partial charge in [-0.1, -0.05) is 39.0 Å². The van der Waals surface area contributed by atoms with Crippen molar-refractivity contribution in [3.63, 3.8) is 0 Å². The standard InChI is InChI=1S/C22H30F3NO2/c1-2-3-4-14-5-7-15(8-6-14)16-9-11-17(12-10-16)22(27)28-19-13-18(23)20(24)26-21(19)25/h13-17H,2-12H2,1H3. The molecule has 2 saturated carbocycles. The number of unbranched alkanes of at least 4 members (excludes halogenated alkanes) is 1. The molecular weight excluding hydrogens is 367 g/mol. The zero-order chi connectivity index (χ0) is 20.1. The minimum Gasteiger partial charge on any atom is -0.421 e. The average Bonchev–Trinajstić information content (AvgIpc) is 2.71. The monoisotopic (exact) mass is 397 g/mol. The maximum absolute atomic E-state index is 13.6. The molecule has 0 saturated heterocycles. The lowest BCUT2D eigenvalue weighted by Gasteiger charge is -2.37. The first-order valence-corrected chi connectivity index (χ1v) is 10.7. The fraction of sp³-hybridized carbons (Fsp3) is 0.727. The van der Waals surface area contributed by atoms with Crippen molar-refractivity contribution in [1.82, 2.24) is 4.98 Å². The van der Waals surface area contributed by atoms with Gasteiger partial charge in [0.05, 0.1) is 5.92 Å². The SMILES string of the molecule is CCCCC1CCC(C2CCC(C(=O)Oc3cc(F)c(F)nc3F)CC2)CC1. The summed E-state index contributed by atoms with van der Waals surface area (Å²) in [4.78, 5) is 15.1. The number of ether oxygens (including phenoxy) is 1. The van der Waals surface area contributed by atoms with Gasteiger partial charge in [0, 0.05) is 6.07 Å². The van der Waals surface area contributed by atoms with E-state index in [9.17, 15) is 18.0 Å². The lowest BCUT2D eigenvalue weighted by Crippen LogP contribution is -2.30. The minimum atomic E-state index is -1.54. The van der Waals surface area contributed by atoms with Gasteiger partial charge < -0.3 is 4.74 Å². The average molecular weight is 397 g/mol. The Morgan fingerprint density at radius 2 is 1.61 bits per heavy atom. The number of nitrogens with zero attached hydrogens (tertiary/aromatic N) is 1. The van der Waals surface area contributed by atoms with Crippen LogP contribution >= 0.6 is 0 Å². The highest BCUT2D eigenvalue weighted by Crippen LogP contribution is 2.42. The van der Waals surface area contributed by atoms with Crippen LogP contribution in [0.5, 0.6) is 5.75 Å². The lowest BCUT2D eigenvalue weighted by molar-refractivity contribution is -0.140. The van der Waals surface area contributed by atoms with E-state index in [1.54, 1.807) is 0 Å². The minimum absolute atomic E-state index is 0.315. The molecule has 0 N–H and O–H groups in total. The highest BCUT2D eigenvalue weighted by molar-refractivity contribution is 5.75. The predicted octanol–water partition coefficient (Wildman–Crippen LogP) is 6.21. The molecule has 156 valence electrons. The van der Waals surface area contributed by atoms with Crippen molar-refractivity contribution < 1.29 is 22.7 Å². The molecule has 0 spiro atoms. The number of carbonyl (C=O) groups is 1. The first kappa shape index (κ1) is 21.1. The van der Waals surface area contributed by atoms with Gasteiger partial charge in [0.25, 0.3) is 11.9 Å². The summed E-state index contributed by atoms with van der Waals surface area (Å²) in [5, 5.41) is 0. The van der Waals surface area contributed by atoms with Crippen LogP contribution in [0, 0.1) is 41.4 Å². The molecule has 28 heavy (non-hydrogen) atoms. The van der Waals surface area contributed by atoms with Crippen molar-refractivity contribution in [2.75, 3.05) is 0 Å². The van der Waals surface area contributed by atoms with Gasteiger partial charge in [-0.2, -0.15) is 13.8 Å². The second-order valence-electron chi connectivity index (χ2n) is 8.51. The van der Waals surface area contributed by atoms with Gasteiger partial charge in [0.15, 0.2) is 11.6 Å². The van der Waals surface area contributed by atoms with Gasteiger partial charge in [-0.05, 0) is 56.3 Å². The quantitative estimate of drug-likeness (QED) is 0.423. The summed E-state index contributed by atoms with van der Waals surface area (Å²) >= 11 is 0. The summed E-state index contributed by atoms with van der Waals surface area (Å²) in [5.74, 6) is -3.41. The highest BCUT2D eigenvalue weighted by Gasteiger charge is 2.34. The lowest BCUT2D eigenvalue weighted by atomic mass is 9.68. The summed E-state index contributed by atoms with van der Waals surface area (Å²) in [6.07, 6.45) is 12.6. The Balaban J connectivity index is 1.45. The van der Waals surface area contributed by atoms with Crippen molar-refractivity contribution in [2.45, 2.75) is 77.6 Å². The van der Waals surface area contributed by atoms with E-state index in [-0.39, 0.29) is 5.92 Å². The molecule has 0 aromatic carbocycles. The fourth-order valence-electron chi connectivity index (χ4n) is 4.96. The van der Waals surface area contributed by atoms with E-state index in [4.69, 9.17) is 4.74 Å². The summed E-state index contributed by atoms with van der Waals surface area (Å²) in [6.45, 7) is 2.24. The Morgan fingerprint density at radius 1 is 1.00 bits per heavy atom. The smallest absolute Gasteiger partial charge is 0.314 e. The van der Waals surface area contributed by atoms with E-state index < -0.39 is 29.4 Å². The number of pyridine rings is 1. The van der Waals surface area contributed by atoms with Gasteiger partial charge >= 0.3 is 5.97 Å². The van der Waals surface area contributed by atoms with Gasteiger partial charge in [0.2, 0.25) is 0 Å². The van der Waals surface area contributed by atoms with Crippen molar-refractivity contribution >= 4 is 5.97 Å². The van der Waals surface area contributed by atoms with Crippen molar-refractivity contribution in [2.24, 2.45) is 23.7 Å². The van der Waals surface area contributed by atoms with Crippen LogP contribution in [-0.2, 0) is 4.79 Å². The highest BCUT2D eigenvalue weighted by atomic mass is 19.2. The number of carbonyl (C=O) groups excluding carboxylic acids is 1. The van der Waals surface area contributed by atoms with Crippen LogP contribution in [0.3, 0.4) is 0 Å². The van der Waals surface area contributed by atoms with Crippen LogP contribution in [-0.4, -0.2) is 11.0 Å². The third kappa shape index (κ3) is 5.26. The maximum Gasteiger partial charge on any atom is 0.314 e. The summed E-state index contributed by atoms with van der Waals surface area (Å²) < 4.78 is 44.6. The van der Waals surface area contributed by atoms with E-state index in [0.29, 0.717) is 24.8 Å². The van der Waals surface area contributed by atoms with Gasteiger partial charge in [-0.3, -0.25) is 4.79 Å². The van der Waals surface area contributed by atoms with E-state index in [0.717, 1.165) is 24.7 Å². The van der Waals surface area contributed by atoms with Crippen LogP contribution in [0.25, 0.3) is 0 Å². The molecule has 2 aliphatic rings. The van der Waals surface area contributed by atoms with E-state index in [2.05, 4.69) is 11.9 Å². The number of esters is 1. The van der Waals surface area contributed by atoms with Crippen molar-refractivity contribution in [3.8, 4) is 5.75 Å². The molecule has 0 bridgehead atoms. The summed E-state index contributed by atoms with van der Waals surface area (Å²) in [5.41, 5.74) is 0. The molecule has 0 radical (unpaired) electrons. The molecule has 0 amide bonds. The molecule has 1 heterocycles. The second kappa shape index (κ2) is 9.75. The summed E-state index contributed by atoms with van der Waals surface area (Å²) in [7, 11) is 0. The van der Waals surface area contributed by atoms with Crippen LogP contribution in [0.15, 0.2) is 6.07 Å². The molecule has 0 atom stereocenters.